The summed E-state index contributed by atoms with van der Waals surface area (Å²) in [7, 11) is 0. The normalized spacial score (nSPS) is 23.2. The van der Waals surface area contributed by atoms with Crippen molar-refractivity contribution in [2.75, 3.05) is 0 Å². The van der Waals surface area contributed by atoms with Gasteiger partial charge in [-0.05, 0) is 79.2 Å². The lowest BCUT2D eigenvalue weighted by Gasteiger charge is -2.47. The molecule has 2 aliphatic rings. The first-order valence-corrected chi connectivity index (χ1v) is 15.1. The summed E-state index contributed by atoms with van der Waals surface area (Å²) in [5.41, 5.74) is 2.20. The van der Waals surface area contributed by atoms with Gasteiger partial charge >= 0.3 is 0 Å². The van der Waals surface area contributed by atoms with E-state index in [1.54, 1.807) is 0 Å². The molecule has 10 heteroatoms. The summed E-state index contributed by atoms with van der Waals surface area (Å²) >= 11 is 6.36. The molecule has 1 aromatic heterocycles. The molecule has 222 valence electrons. The fourth-order valence-electron chi connectivity index (χ4n) is 6.60. The van der Waals surface area contributed by atoms with E-state index < -0.39 is 5.66 Å². The Labute approximate surface area is 252 Å². The molecule has 3 aromatic rings. The Morgan fingerprint density at radius 2 is 1.86 bits per heavy atom. The molecular weight excluding hydrogens is 550 g/mol. The molecule has 0 saturated heterocycles. The molecule has 2 N–H and O–H groups in total. The van der Waals surface area contributed by atoms with Crippen LogP contribution in [0.1, 0.15) is 100 Å². The van der Waals surface area contributed by atoms with Crippen molar-refractivity contribution < 1.29 is 9.59 Å². The molecule has 0 bridgehead atoms. The van der Waals surface area contributed by atoms with Crippen LogP contribution in [0.15, 0.2) is 53.5 Å². The number of carbonyl (C=O) groups excluding carboxylic acids is 2. The number of benzene rings is 2. The molecule has 2 aromatic carbocycles. The maximum absolute atomic E-state index is 14.5. The highest BCUT2D eigenvalue weighted by Gasteiger charge is 2.53. The molecule has 2 heterocycles. The maximum atomic E-state index is 14.5. The Bertz CT molecular complexity index is 1440. The summed E-state index contributed by atoms with van der Waals surface area (Å²) in [5.74, 6) is 0.985. The average molecular weight is 590 g/mol. The minimum atomic E-state index is -0.630. The number of amides is 2. The monoisotopic (exact) mass is 589 g/mol. The van der Waals surface area contributed by atoms with Gasteiger partial charge in [-0.15, -0.1) is 10.2 Å². The lowest BCUT2D eigenvalue weighted by atomic mass is 9.75. The third kappa shape index (κ3) is 6.56. The van der Waals surface area contributed by atoms with Crippen LogP contribution in [0.4, 0.5) is 0 Å². The lowest BCUT2D eigenvalue weighted by molar-refractivity contribution is -0.134. The highest BCUT2D eigenvalue weighted by atomic mass is 35.5. The second-order valence-electron chi connectivity index (χ2n) is 13.2. The zero-order valence-electron chi connectivity index (χ0n) is 25.0. The SMILES string of the molecule is CC1CC(C)CC2(C1)N=C(c1cccc(Cl)c1)C(=O)N2C(CCC(C)(C)C)c1ccc(C(=O)NCc2nn[nH]n2)cc1. The molecule has 1 saturated carbocycles. The van der Waals surface area contributed by atoms with Crippen LogP contribution >= 0.6 is 11.6 Å². The number of nitrogens with zero attached hydrogens (tertiary/aromatic N) is 5. The third-order valence-corrected chi connectivity index (χ3v) is 8.51. The summed E-state index contributed by atoms with van der Waals surface area (Å²) in [6.45, 7) is 11.4. The molecule has 1 fully saturated rings. The van der Waals surface area contributed by atoms with E-state index in [-0.39, 0.29) is 29.8 Å². The van der Waals surface area contributed by atoms with Gasteiger partial charge in [0.05, 0.1) is 12.6 Å². The topological polar surface area (TPSA) is 116 Å². The van der Waals surface area contributed by atoms with E-state index in [4.69, 9.17) is 16.6 Å². The van der Waals surface area contributed by atoms with Crippen molar-refractivity contribution in [3.63, 3.8) is 0 Å². The molecule has 2 amide bonds. The van der Waals surface area contributed by atoms with Gasteiger partial charge in [0.15, 0.2) is 5.82 Å². The number of hydrogen-bond acceptors (Lipinski definition) is 6. The van der Waals surface area contributed by atoms with Crippen molar-refractivity contribution in [3.8, 4) is 0 Å². The van der Waals surface area contributed by atoms with Crippen molar-refractivity contribution in [3.05, 3.63) is 76.1 Å². The van der Waals surface area contributed by atoms with Gasteiger partial charge < -0.3 is 10.2 Å². The molecular formula is C32H40ClN7O2. The van der Waals surface area contributed by atoms with Crippen LogP contribution in [0.2, 0.25) is 5.02 Å². The van der Waals surface area contributed by atoms with E-state index in [2.05, 4.69) is 65.5 Å². The number of halogens is 1. The highest BCUT2D eigenvalue weighted by molar-refractivity contribution is 6.47. The Morgan fingerprint density at radius 3 is 2.48 bits per heavy atom. The molecule has 9 nitrogen and oxygen atoms in total. The molecule has 0 radical (unpaired) electrons. The van der Waals surface area contributed by atoms with Crippen molar-refractivity contribution in [2.45, 2.75) is 85.0 Å². The van der Waals surface area contributed by atoms with E-state index in [1.807, 2.05) is 48.5 Å². The Balaban J connectivity index is 1.51. The van der Waals surface area contributed by atoms with Crippen LogP contribution in [-0.4, -0.2) is 48.7 Å². The number of carbonyl (C=O) groups is 2. The smallest absolute Gasteiger partial charge is 0.275 e. The third-order valence-electron chi connectivity index (χ3n) is 8.28. The predicted molar refractivity (Wildman–Crippen MR) is 163 cm³/mol. The number of aliphatic imine (C=N–C) groups is 1. The summed E-state index contributed by atoms with van der Waals surface area (Å²) in [5, 5.41) is 17.1. The van der Waals surface area contributed by atoms with Crippen LogP contribution in [0.25, 0.3) is 0 Å². The largest absolute Gasteiger partial charge is 0.345 e. The molecule has 5 rings (SSSR count). The number of nitrogens with one attached hydrogen (secondary N) is 2. The maximum Gasteiger partial charge on any atom is 0.275 e. The Kier molecular flexibility index (Phi) is 8.51. The fraction of sp³-hybridized carbons (Fsp3) is 0.500. The second-order valence-corrected chi connectivity index (χ2v) is 13.7. The van der Waals surface area contributed by atoms with Crippen LogP contribution < -0.4 is 5.32 Å². The van der Waals surface area contributed by atoms with Crippen LogP contribution in [0.5, 0.6) is 0 Å². The standard InChI is InChI=1S/C32H40ClN7O2/c1-20-15-21(2)18-32(17-20)35-28(24-7-6-8-25(33)16-24)30(42)40(32)26(13-14-31(3,4)5)22-9-11-23(12-10-22)29(41)34-19-27-36-38-39-37-27/h6-12,16,20-21,26H,13-15,17-19H2,1-5H3,(H,34,41)(H,36,37,38,39). The zero-order chi connectivity index (χ0) is 30.1. The average Bonchev–Trinajstić information content (AvgIpc) is 3.53. The van der Waals surface area contributed by atoms with Crippen molar-refractivity contribution >= 4 is 29.1 Å². The van der Waals surface area contributed by atoms with Gasteiger partial charge in [0, 0.05) is 16.1 Å². The van der Waals surface area contributed by atoms with Gasteiger partial charge in [0.25, 0.3) is 11.8 Å². The molecule has 3 unspecified atom stereocenters. The summed E-state index contributed by atoms with van der Waals surface area (Å²) in [4.78, 5) is 34.7. The highest BCUT2D eigenvalue weighted by Crippen LogP contribution is 2.49. The number of H-pyrrole nitrogens is 1. The van der Waals surface area contributed by atoms with E-state index in [9.17, 15) is 9.59 Å². The summed E-state index contributed by atoms with van der Waals surface area (Å²) in [6, 6.07) is 14.8. The first-order valence-electron chi connectivity index (χ1n) is 14.7. The van der Waals surface area contributed by atoms with Gasteiger partial charge in [0.1, 0.15) is 11.4 Å². The van der Waals surface area contributed by atoms with Crippen molar-refractivity contribution in [1.82, 2.24) is 30.8 Å². The van der Waals surface area contributed by atoms with Crippen molar-refractivity contribution in [1.29, 1.82) is 0 Å². The van der Waals surface area contributed by atoms with Gasteiger partial charge in [-0.3, -0.25) is 14.6 Å². The minimum absolute atomic E-state index is 0.0561. The van der Waals surface area contributed by atoms with Crippen LogP contribution in [0.3, 0.4) is 0 Å². The number of rotatable bonds is 8. The van der Waals surface area contributed by atoms with E-state index in [0.29, 0.717) is 34.0 Å². The Hall–Kier alpha value is -3.59. The summed E-state index contributed by atoms with van der Waals surface area (Å²) in [6.07, 6.45) is 4.45. The number of aromatic amines is 1. The molecule has 1 aliphatic carbocycles. The van der Waals surface area contributed by atoms with Gasteiger partial charge in [-0.2, -0.15) is 5.21 Å². The number of aromatic nitrogens is 4. The number of hydrogen-bond donors (Lipinski definition) is 2. The summed E-state index contributed by atoms with van der Waals surface area (Å²) < 4.78 is 0. The van der Waals surface area contributed by atoms with Gasteiger partial charge in [-0.1, -0.05) is 75.7 Å². The van der Waals surface area contributed by atoms with Gasteiger partial charge in [0.2, 0.25) is 0 Å². The fourth-order valence-corrected chi connectivity index (χ4v) is 6.79. The van der Waals surface area contributed by atoms with E-state index >= 15 is 0 Å². The van der Waals surface area contributed by atoms with E-state index in [1.165, 1.54) is 0 Å². The van der Waals surface area contributed by atoms with Crippen molar-refractivity contribution in [2.24, 2.45) is 22.2 Å². The van der Waals surface area contributed by atoms with E-state index in [0.717, 1.165) is 43.2 Å². The second kappa shape index (κ2) is 12.0. The van der Waals surface area contributed by atoms with Crippen LogP contribution in [-0.2, 0) is 11.3 Å². The molecule has 1 spiro atoms. The predicted octanol–water partition coefficient (Wildman–Crippen LogP) is 6.13. The zero-order valence-corrected chi connectivity index (χ0v) is 25.8. The Morgan fingerprint density at radius 1 is 1.14 bits per heavy atom. The van der Waals surface area contributed by atoms with Crippen LogP contribution in [0, 0.1) is 17.3 Å². The first-order chi connectivity index (χ1) is 19.9. The minimum Gasteiger partial charge on any atom is -0.345 e. The molecule has 3 atom stereocenters. The molecule has 1 aliphatic heterocycles. The lowest BCUT2D eigenvalue weighted by Crippen LogP contribution is -2.52. The first kappa shape index (κ1) is 29.9. The van der Waals surface area contributed by atoms with Gasteiger partial charge in [-0.25, -0.2) is 0 Å². The quantitative estimate of drug-likeness (QED) is 0.328. The molecule has 42 heavy (non-hydrogen) atoms. The number of tetrazole rings is 1.